The smallest absolute Gasteiger partial charge is 0.223 e. The molecular formula is C16H15NO3. The van der Waals surface area contributed by atoms with Crippen molar-refractivity contribution in [2.24, 2.45) is 0 Å². The van der Waals surface area contributed by atoms with Gasteiger partial charge in [0.1, 0.15) is 6.10 Å². The van der Waals surface area contributed by atoms with Gasteiger partial charge in [0, 0.05) is 11.6 Å². The van der Waals surface area contributed by atoms with Crippen LogP contribution in [0.4, 0.5) is 0 Å². The lowest BCUT2D eigenvalue weighted by molar-refractivity contribution is 0.229. The summed E-state index contributed by atoms with van der Waals surface area (Å²) in [6.07, 6.45) is -0.969. The van der Waals surface area contributed by atoms with Crippen LogP contribution in [-0.2, 0) is 0 Å². The molecule has 0 radical (unpaired) electrons. The van der Waals surface area contributed by atoms with Gasteiger partial charge >= 0.3 is 0 Å². The van der Waals surface area contributed by atoms with E-state index in [1.165, 1.54) is 14.2 Å². The highest BCUT2D eigenvalue weighted by molar-refractivity contribution is 5.40. The maximum absolute atomic E-state index is 10.1. The molecule has 2 rings (SSSR count). The fourth-order valence-electron chi connectivity index (χ4n) is 1.67. The van der Waals surface area contributed by atoms with Crippen molar-refractivity contribution in [2.45, 2.75) is 6.10 Å². The summed E-state index contributed by atoms with van der Waals surface area (Å²) < 4.78 is 10.2. The molecule has 1 unspecified atom stereocenters. The van der Waals surface area contributed by atoms with E-state index in [2.05, 4.69) is 16.8 Å². The van der Waals surface area contributed by atoms with Crippen molar-refractivity contribution in [2.75, 3.05) is 14.2 Å². The highest BCUT2D eigenvalue weighted by Gasteiger charge is 2.13. The van der Waals surface area contributed by atoms with Crippen LogP contribution in [0.1, 0.15) is 17.2 Å². The number of rotatable bonds is 3. The zero-order valence-corrected chi connectivity index (χ0v) is 11.3. The van der Waals surface area contributed by atoms with Crippen molar-refractivity contribution in [3.8, 4) is 23.6 Å². The number of ether oxygens (including phenoxy) is 2. The number of aliphatic hydroxyl groups is 1. The molecule has 1 N–H and O–H groups in total. The molecule has 0 saturated carbocycles. The van der Waals surface area contributed by atoms with E-state index >= 15 is 0 Å². The second kappa shape index (κ2) is 6.60. The molecule has 1 aromatic heterocycles. The van der Waals surface area contributed by atoms with E-state index in [-0.39, 0.29) is 0 Å². The summed E-state index contributed by atoms with van der Waals surface area (Å²) in [5, 5.41) is 10.1. The summed E-state index contributed by atoms with van der Waals surface area (Å²) in [6, 6.07) is 12.8. The molecule has 0 saturated heterocycles. The average Bonchev–Trinajstić information content (AvgIpc) is 2.52. The standard InChI is InChI=1S/C16H15NO3/c1-19-15-11-9-13(16(17-15)20-2)14(18)10-8-12-6-4-3-5-7-12/h3-7,9,11,14,18H,1-2H3. The molecule has 0 spiro atoms. The molecule has 0 fully saturated rings. The van der Waals surface area contributed by atoms with Crippen molar-refractivity contribution in [3.63, 3.8) is 0 Å². The number of hydrogen-bond acceptors (Lipinski definition) is 4. The Morgan fingerprint density at radius 1 is 1.05 bits per heavy atom. The Morgan fingerprint density at radius 3 is 2.45 bits per heavy atom. The van der Waals surface area contributed by atoms with Crippen molar-refractivity contribution in [3.05, 3.63) is 53.6 Å². The zero-order chi connectivity index (χ0) is 14.4. The van der Waals surface area contributed by atoms with Gasteiger partial charge in [-0.25, -0.2) is 0 Å². The molecule has 0 bridgehead atoms. The molecule has 1 heterocycles. The summed E-state index contributed by atoms with van der Waals surface area (Å²) in [5.41, 5.74) is 1.35. The Bertz CT molecular complexity index is 629. The zero-order valence-electron chi connectivity index (χ0n) is 11.3. The molecule has 0 aliphatic carbocycles. The Balaban J connectivity index is 2.25. The second-order valence-electron chi connectivity index (χ2n) is 3.99. The van der Waals surface area contributed by atoms with Gasteiger partial charge in [-0.3, -0.25) is 0 Å². The minimum absolute atomic E-state index is 0.305. The van der Waals surface area contributed by atoms with E-state index in [1.54, 1.807) is 12.1 Å². The molecule has 0 aliphatic heterocycles. The van der Waals surface area contributed by atoms with Gasteiger partial charge in [0.05, 0.1) is 19.8 Å². The van der Waals surface area contributed by atoms with E-state index in [0.717, 1.165) is 5.56 Å². The number of hydrogen-bond donors (Lipinski definition) is 1. The third-order valence-corrected chi connectivity index (χ3v) is 2.69. The van der Waals surface area contributed by atoms with Crippen molar-refractivity contribution >= 4 is 0 Å². The molecule has 1 atom stereocenters. The van der Waals surface area contributed by atoms with E-state index in [1.807, 2.05) is 30.3 Å². The summed E-state index contributed by atoms with van der Waals surface area (Å²) in [6.45, 7) is 0. The molecule has 0 aliphatic rings. The van der Waals surface area contributed by atoms with E-state index < -0.39 is 6.10 Å². The van der Waals surface area contributed by atoms with Gasteiger partial charge in [0.25, 0.3) is 0 Å². The number of nitrogens with zero attached hydrogens (tertiary/aromatic N) is 1. The van der Waals surface area contributed by atoms with Gasteiger partial charge in [-0.15, -0.1) is 0 Å². The van der Waals surface area contributed by atoms with Crippen LogP contribution >= 0.6 is 0 Å². The summed E-state index contributed by atoms with van der Waals surface area (Å²) in [4.78, 5) is 4.11. The highest BCUT2D eigenvalue weighted by atomic mass is 16.5. The van der Waals surface area contributed by atoms with Gasteiger partial charge < -0.3 is 14.6 Å². The number of benzene rings is 1. The van der Waals surface area contributed by atoms with Gasteiger partial charge in [-0.2, -0.15) is 4.98 Å². The van der Waals surface area contributed by atoms with Crippen LogP contribution in [0, 0.1) is 11.8 Å². The molecule has 2 aromatic rings. The molecule has 0 amide bonds. The van der Waals surface area contributed by atoms with Crippen molar-refractivity contribution in [1.82, 2.24) is 4.98 Å². The quantitative estimate of drug-likeness (QED) is 0.868. The predicted octanol–water partition coefficient (Wildman–Crippen LogP) is 2.18. The second-order valence-corrected chi connectivity index (χ2v) is 3.99. The minimum atomic E-state index is -0.969. The number of aliphatic hydroxyl groups excluding tert-OH is 1. The van der Waals surface area contributed by atoms with Crippen molar-refractivity contribution in [1.29, 1.82) is 0 Å². The third-order valence-electron chi connectivity index (χ3n) is 2.69. The summed E-state index contributed by atoms with van der Waals surface area (Å²) >= 11 is 0. The van der Waals surface area contributed by atoms with E-state index in [9.17, 15) is 5.11 Å². The predicted molar refractivity (Wildman–Crippen MR) is 75.6 cm³/mol. The Kier molecular flexibility index (Phi) is 4.59. The van der Waals surface area contributed by atoms with Gasteiger partial charge in [0.2, 0.25) is 11.8 Å². The Labute approximate surface area is 118 Å². The van der Waals surface area contributed by atoms with Gasteiger partial charge in [-0.05, 0) is 18.2 Å². The molecule has 4 nitrogen and oxygen atoms in total. The summed E-state index contributed by atoms with van der Waals surface area (Å²) in [7, 11) is 3.01. The maximum Gasteiger partial charge on any atom is 0.223 e. The largest absolute Gasteiger partial charge is 0.481 e. The van der Waals surface area contributed by atoms with Crippen LogP contribution in [0.5, 0.6) is 11.8 Å². The van der Waals surface area contributed by atoms with E-state index in [4.69, 9.17) is 9.47 Å². The lowest BCUT2D eigenvalue weighted by Gasteiger charge is -2.10. The van der Waals surface area contributed by atoms with Crippen molar-refractivity contribution < 1.29 is 14.6 Å². The number of aromatic nitrogens is 1. The topological polar surface area (TPSA) is 51.6 Å². The lowest BCUT2D eigenvalue weighted by atomic mass is 10.1. The van der Waals surface area contributed by atoms with Gasteiger partial charge in [0.15, 0.2) is 0 Å². The Morgan fingerprint density at radius 2 is 1.80 bits per heavy atom. The fourth-order valence-corrected chi connectivity index (χ4v) is 1.67. The van der Waals surface area contributed by atoms with E-state index in [0.29, 0.717) is 17.3 Å². The van der Waals surface area contributed by atoms with Crippen LogP contribution in [-0.4, -0.2) is 24.3 Å². The minimum Gasteiger partial charge on any atom is -0.481 e. The average molecular weight is 269 g/mol. The molecule has 4 heteroatoms. The summed E-state index contributed by atoms with van der Waals surface area (Å²) in [5.74, 6) is 6.41. The molecule has 20 heavy (non-hydrogen) atoms. The molecule has 1 aromatic carbocycles. The first-order valence-corrected chi connectivity index (χ1v) is 6.08. The monoisotopic (exact) mass is 269 g/mol. The number of pyridine rings is 1. The highest BCUT2D eigenvalue weighted by Crippen LogP contribution is 2.25. The van der Waals surface area contributed by atoms with Crippen LogP contribution in [0.15, 0.2) is 42.5 Å². The normalized spacial score (nSPS) is 11.2. The first-order chi connectivity index (χ1) is 9.74. The van der Waals surface area contributed by atoms with Crippen LogP contribution in [0.3, 0.4) is 0 Å². The fraction of sp³-hybridized carbons (Fsp3) is 0.188. The SMILES string of the molecule is COc1ccc(C(O)C#Cc2ccccc2)c(OC)n1. The first-order valence-electron chi connectivity index (χ1n) is 6.08. The maximum atomic E-state index is 10.1. The third kappa shape index (κ3) is 3.28. The molecule has 102 valence electrons. The van der Waals surface area contributed by atoms with Crippen LogP contribution < -0.4 is 9.47 Å². The number of methoxy groups -OCH3 is 2. The van der Waals surface area contributed by atoms with Crippen LogP contribution in [0.25, 0.3) is 0 Å². The first kappa shape index (κ1) is 13.9. The molecular weight excluding hydrogens is 254 g/mol. The van der Waals surface area contributed by atoms with Crippen LogP contribution in [0.2, 0.25) is 0 Å². The van der Waals surface area contributed by atoms with Gasteiger partial charge in [-0.1, -0.05) is 30.0 Å². The Hall–Kier alpha value is -2.51. The lowest BCUT2D eigenvalue weighted by Crippen LogP contribution is -2.01.